The predicted molar refractivity (Wildman–Crippen MR) is 84.4 cm³/mol. The van der Waals surface area contributed by atoms with E-state index in [1.807, 2.05) is 48.0 Å². The van der Waals surface area contributed by atoms with Gasteiger partial charge in [-0.3, -0.25) is 4.40 Å². The fourth-order valence-corrected chi connectivity index (χ4v) is 2.67. The van der Waals surface area contributed by atoms with Crippen molar-refractivity contribution in [2.45, 2.75) is 6.42 Å². The summed E-state index contributed by atoms with van der Waals surface area (Å²) in [7, 11) is 1.85. The fraction of sp³-hybridized carbons (Fsp3) is 0.118. The van der Waals surface area contributed by atoms with Crippen LogP contribution < -0.4 is 16.0 Å². The van der Waals surface area contributed by atoms with Crippen molar-refractivity contribution in [1.29, 1.82) is 0 Å². The Labute approximate surface area is 125 Å². The Kier molecular flexibility index (Phi) is 2.85. The topological polar surface area (TPSA) is 42.5 Å². The minimum atomic E-state index is -0.170. The molecule has 1 aliphatic carbocycles. The molecule has 0 spiro atoms. The molecule has 1 aliphatic rings. The summed E-state index contributed by atoms with van der Waals surface area (Å²) in [5, 5.41) is 4.05. The Morgan fingerprint density at radius 1 is 1.32 bits per heavy atom. The van der Waals surface area contributed by atoms with Crippen LogP contribution in [0.1, 0.15) is 6.42 Å². The van der Waals surface area contributed by atoms with Crippen LogP contribution in [-0.4, -0.2) is 16.4 Å². The number of rotatable bonds is 2. The van der Waals surface area contributed by atoms with Crippen LogP contribution in [0.3, 0.4) is 0 Å². The maximum absolute atomic E-state index is 13.3. The summed E-state index contributed by atoms with van der Waals surface area (Å²) >= 11 is 0. The molecule has 0 bridgehead atoms. The zero-order valence-electron chi connectivity index (χ0n) is 12.0. The minimum absolute atomic E-state index is 0.170. The molecule has 0 saturated heterocycles. The number of hydrogen-bond donors (Lipinski definition) is 1. The van der Waals surface area contributed by atoms with Crippen molar-refractivity contribution < 1.29 is 8.81 Å². The second-order valence-corrected chi connectivity index (χ2v) is 5.11. The number of nitrogens with one attached hydrogen (secondary N) is 1. The number of hydrogen-bond acceptors (Lipinski definition) is 3. The highest BCUT2D eigenvalue weighted by Crippen LogP contribution is 2.27. The Balaban J connectivity index is 1.96. The summed E-state index contributed by atoms with van der Waals surface area (Å²) in [6, 6.07) is 7.74. The van der Waals surface area contributed by atoms with Gasteiger partial charge in [0.05, 0.1) is 0 Å². The summed E-state index contributed by atoms with van der Waals surface area (Å²) < 4.78 is 21.1. The molecule has 3 aromatic heterocycles. The van der Waals surface area contributed by atoms with Gasteiger partial charge in [-0.25, -0.2) is 9.37 Å². The van der Waals surface area contributed by atoms with Gasteiger partial charge in [0.2, 0.25) is 0 Å². The zero-order valence-corrected chi connectivity index (χ0v) is 12.0. The number of halogens is 1. The van der Waals surface area contributed by atoms with Gasteiger partial charge in [0.1, 0.15) is 28.4 Å². The number of nitrogens with zero attached hydrogens (tertiary/aromatic N) is 2. The van der Waals surface area contributed by atoms with E-state index >= 15 is 0 Å². The number of furan rings is 1. The first kappa shape index (κ1) is 12.9. The molecule has 22 heavy (non-hydrogen) atoms. The Hall–Kier alpha value is -2.82. The van der Waals surface area contributed by atoms with Gasteiger partial charge >= 0.3 is 0 Å². The summed E-state index contributed by atoms with van der Waals surface area (Å²) in [6.07, 6.45) is 7.16. The van der Waals surface area contributed by atoms with E-state index in [0.717, 1.165) is 22.4 Å². The van der Waals surface area contributed by atoms with E-state index in [-0.39, 0.29) is 12.2 Å². The highest BCUT2D eigenvalue weighted by atomic mass is 19.1. The van der Waals surface area contributed by atoms with Crippen LogP contribution in [0.2, 0.25) is 0 Å². The largest absolute Gasteiger partial charge is 0.454 e. The predicted octanol–water partition coefficient (Wildman–Crippen LogP) is 2.45. The highest BCUT2D eigenvalue weighted by molar-refractivity contribution is 5.73. The van der Waals surface area contributed by atoms with E-state index < -0.39 is 0 Å². The second-order valence-electron chi connectivity index (χ2n) is 5.11. The van der Waals surface area contributed by atoms with Crippen LogP contribution in [0.5, 0.6) is 0 Å². The van der Waals surface area contributed by atoms with Crippen LogP contribution in [0.15, 0.2) is 46.8 Å². The van der Waals surface area contributed by atoms with Gasteiger partial charge in [-0.2, -0.15) is 0 Å². The summed E-state index contributed by atoms with van der Waals surface area (Å²) in [5.74, 6) is 1.36. The standard InChI is InChI=1S/C17H14FN3O/c1-19-17-16(20-15-4-2-3-9-21(15)17)14-10-11-5-6-12(18)7-8-13(11)22-14/h2-5,7-10,19H,6H2,1H3. The molecular formula is C17H14FN3O. The smallest absolute Gasteiger partial charge is 0.157 e. The van der Waals surface area contributed by atoms with E-state index in [2.05, 4.69) is 10.3 Å². The molecule has 4 rings (SSSR count). The lowest BCUT2D eigenvalue weighted by molar-refractivity contribution is 0.544. The van der Waals surface area contributed by atoms with Crippen molar-refractivity contribution in [3.05, 3.63) is 53.0 Å². The maximum atomic E-state index is 13.3. The number of pyridine rings is 1. The molecule has 110 valence electrons. The minimum Gasteiger partial charge on any atom is -0.454 e. The molecule has 0 aliphatic heterocycles. The van der Waals surface area contributed by atoms with E-state index in [0.29, 0.717) is 11.2 Å². The van der Waals surface area contributed by atoms with Crippen molar-refractivity contribution >= 4 is 23.6 Å². The lowest BCUT2D eigenvalue weighted by Crippen LogP contribution is -2.17. The van der Waals surface area contributed by atoms with E-state index in [9.17, 15) is 4.39 Å². The fourth-order valence-electron chi connectivity index (χ4n) is 2.67. The third-order valence-electron chi connectivity index (χ3n) is 3.72. The van der Waals surface area contributed by atoms with Crippen molar-refractivity contribution in [3.8, 4) is 11.5 Å². The van der Waals surface area contributed by atoms with E-state index in [1.165, 1.54) is 6.08 Å². The highest BCUT2D eigenvalue weighted by Gasteiger charge is 2.16. The molecular weight excluding hydrogens is 281 g/mol. The first-order valence-electron chi connectivity index (χ1n) is 7.08. The Morgan fingerprint density at radius 3 is 3.09 bits per heavy atom. The molecule has 0 atom stereocenters. The molecule has 5 heteroatoms. The number of fused-ring (bicyclic) bond motifs is 2. The quantitative estimate of drug-likeness (QED) is 0.789. The second kappa shape index (κ2) is 4.87. The number of aromatic nitrogens is 2. The molecule has 0 saturated carbocycles. The molecule has 4 nitrogen and oxygen atoms in total. The number of anilines is 1. The lowest BCUT2D eigenvalue weighted by Gasteiger charge is -2.01. The van der Waals surface area contributed by atoms with Gasteiger partial charge < -0.3 is 9.73 Å². The molecule has 0 aromatic carbocycles. The third kappa shape index (κ3) is 1.94. The molecule has 3 heterocycles. The summed E-state index contributed by atoms with van der Waals surface area (Å²) in [6.45, 7) is 0. The van der Waals surface area contributed by atoms with Gasteiger partial charge in [0.25, 0.3) is 0 Å². The molecule has 1 N–H and O–H groups in total. The Bertz CT molecular complexity index is 1010. The van der Waals surface area contributed by atoms with Gasteiger partial charge in [-0.1, -0.05) is 12.1 Å². The van der Waals surface area contributed by atoms with Crippen molar-refractivity contribution in [3.63, 3.8) is 0 Å². The SMILES string of the molecule is CNc1c(-c2cc3c(o2)=CC=C(F)CC=3)nc2ccccn12. The molecule has 0 fully saturated rings. The molecule has 0 radical (unpaired) electrons. The monoisotopic (exact) mass is 295 g/mol. The van der Waals surface area contributed by atoms with Gasteiger partial charge in [-0.05, 0) is 30.4 Å². The first-order valence-corrected chi connectivity index (χ1v) is 7.08. The van der Waals surface area contributed by atoms with E-state index in [4.69, 9.17) is 4.42 Å². The lowest BCUT2D eigenvalue weighted by atomic mass is 10.3. The zero-order chi connectivity index (χ0) is 15.1. The van der Waals surface area contributed by atoms with E-state index in [1.54, 1.807) is 6.08 Å². The van der Waals surface area contributed by atoms with Crippen LogP contribution in [0.25, 0.3) is 29.3 Å². The molecule has 0 unspecified atom stereocenters. The van der Waals surface area contributed by atoms with Crippen LogP contribution in [0.4, 0.5) is 10.2 Å². The first-order chi connectivity index (χ1) is 10.8. The van der Waals surface area contributed by atoms with Gasteiger partial charge in [0, 0.05) is 24.9 Å². The van der Waals surface area contributed by atoms with Gasteiger partial charge in [0.15, 0.2) is 5.76 Å². The average Bonchev–Trinajstić information content (AvgIpc) is 3.07. The normalized spacial score (nSPS) is 13.8. The van der Waals surface area contributed by atoms with Crippen molar-refractivity contribution in [1.82, 2.24) is 9.38 Å². The number of imidazole rings is 1. The number of allylic oxidation sites excluding steroid dienone is 2. The van der Waals surface area contributed by atoms with Crippen LogP contribution in [0, 0.1) is 0 Å². The summed E-state index contributed by atoms with van der Waals surface area (Å²) in [4.78, 5) is 4.63. The summed E-state index contributed by atoms with van der Waals surface area (Å²) in [5.41, 5.74) is 2.24. The molecule has 0 amide bonds. The molecule has 3 aromatic rings. The van der Waals surface area contributed by atoms with Gasteiger partial charge in [-0.15, -0.1) is 0 Å². The third-order valence-corrected chi connectivity index (χ3v) is 3.72. The Morgan fingerprint density at radius 2 is 2.23 bits per heavy atom. The maximum Gasteiger partial charge on any atom is 0.157 e. The van der Waals surface area contributed by atoms with Crippen molar-refractivity contribution in [2.75, 3.05) is 12.4 Å². The van der Waals surface area contributed by atoms with Crippen LogP contribution in [-0.2, 0) is 0 Å². The van der Waals surface area contributed by atoms with Crippen molar-refractivity contribution in [2.24, 2.45) is 0 Å². The van der Waals surface area contributed by atoms with Crippen LogP contribution >= 0.6 is 0 Å². The average molecular weight is 295 g/mol.